The molecule has 1 N–H and O–H groups in total. The number of nitrogens with one attached hydrogen (secondary N) is 1. The third-order valence-corrected chi connectivity index (χ3v) is 3.82. The lowest BCUT2D eigenvalue weighted by Crippen LogP contribution is -2.27. The van der Waals surface area contributed by atoms with Gasteiger partial charge in [-0.3, -0.25) is 4.79 Å². The molecule has 1 amide bonds. The Kier molecular flexibility index (Phi) is 2.48. The molecule has 0 bridgehead atoms. The third-order valence-electron chi connectivity index (χ3n) is 2.95. The van der Waals surface area contributed by atoms with Gasteiger partial charge in [-0.15, -0.1) is 11.3 Å². The summed E-state index contributed by atoms with van der Waals surface area (Å²) in [6.45, 7) is 2.12. The van der Waals surface area contributed by atoms with Crippen LogP contribution in [0.2, 0.25) is 0 Å². The number of thiophene rings is 1. The maximum absolute atomic E-state index is 12.0. The summed E-state index contributed by atoms with van der Waals surface area (Å²) in [4.78, 5) is 16.9. The molecule has 2 aromatic heterocycles. The molecule has 5 heteroatoms. The van der Waals surface area contributed by atoms with Crippen molar-refractivity contribution >= 4 is 17.2 Å². The van der Waals surface area contributed by atoms with Crippen molar-refractivity contribution in [1.82, 2.24) is 10.3 Å². The molecule has 2 heterocycles. The van der Waals surface area contributed by atoms with Crippen LogP contribution in [0, 0.1) is 5.92 Å². The number of rotatable bonds is 3. The van der Waals surface area contributed by atoms with E-state index in [-0.39, 0.29) is 5.91 Å². The Labute approximate surface area is 103 Å². The summed E-state index contributed by atoms with van der Waals surface area (Å²) in [5.41, 5.74) is 0.381. The number of hydrogen-bond donors (Lipinski definition) is 1. The van der Waals surface area contributed by atoms with Crippen LogP contribution in [-0.2, 0) is 0 Å². The van der Waals surface area contributed by atoms with E-state index in [1.54, 1.807) is 0 Å². The number of nitrogens with zero attached hydrogens (tertiary/aromatic N) is 1. The molecule has 2 unspecified atom stereocenters. The molecule has 3 rings (SSSR count). The number of aromatic nitrogens is 1. The van der Waals surface area contributed by atoms with Gasteiger partial charge in [0.25, 0.3) is 5.91 Å². The van der Waals surface area contributed by atoms with Crippen LogP contribution in [-0.4, -0.2) is 16.9 Å². The van der Waals surface area contributed by atoms with E-state index in [1.807, 2.05) is 17.5 Å². The SMILES string of the molecule is CC1CC1NC(=O)c1ncoc1-c1cccs1. The van der Waals surface area contributed by atoms with E-state index in [0.29, 0.717) is 23.4 Å². The van der Waals surface area contributed by atoms with Crippen LogP contribution in [0.1, 0.15) is 23.8 Å². The minimum atomic E-state index is -0.142. The second-order valence-electron chi connectivity index (χ2n) is 4.30. The average molecular weight is 248 g/mol. The normalized spacial score (nSPS) is 22.4. The maximum Gasteiger partial charge on any atom is 0.274 e. The average Bonchev–Trinajstić information content (AvgIpc) is 2.85. The smallest absolute Gasteiger partial charge is 0.274 e. The molecule has 1 aliphatic carbocycles. The van der Waals surface area contributed by atoms with E-state index in [0.717, 1.165) is 11.3 Å². The van der Waals surface area contributed by atoms with E-state index in [1.165, 1.54) is 17.7 Å². The molecule has 1 aliphatic rings. The number of hydrogen-bond acceptors (Lipinski definition) is 4. The summed E-state index contributed by atoms with van der Waals surface area (Å²) < 4.78 is 5.30. The summed E-state index contributed by atoms with van der Waals surface area (Å²) in [7, 11) is 0. The van der Waals surface area contributed by atoms with E-state index in [9.17, 15) is 4.79 Å². The highest BCUT2D eigenvalue weighted by molar-refractivity contribution is 7.13. The quantitative estimate of drug-likeness (QED) is 0.908. The zero-order chi connectivity index (χ0) is 11.8. The second-order valence-corrected chi connectivity index (χ2v) is 5.25. The molecule has 0 spiro atoms. The molecule has 0 radical (unpaired) electrons. The fourth-order valence-corrected chi connectivity index (χ4v) is 2.46. The summed E-state index contributed by atoms with van der Waals surface area (Å²) in [5.74, 6) is 0.998. The van der Waals surface area contributed by atoms with Gasteiger partial charge in [0.15, 0.2) is 17.8 Å². The van der Waals surface area contributed by atoms with Gasteiger partial charge in [0.2, 0.25) is 0 Å². The van der Waals surface area contributed by atoms with Crippen molar-refractivity contribution in [1.29, 1.82) is 0 Å². The van der Waals surface area contributed by atoms with E-state index in [4.69, 9.17) is 4.42 Å². The summed E-state index contributed by atoms with van der Waals surface area (Å²) in [5, 5.41) is 4.90. The molecular weight excluding hydrogens is 236 g/mol. The molecule has 1 fully saturated rings. The van der Waals surface area contributed by atoms with Crippen molar-refractivity contribution in [2.45, 2.75) is 19.4 Å². The molecule has 0 aliphatic heterocycles. The van der Waals surface area contributed by atoms with Crippen LogP contribution in [0.5, 0.6) is 0 Å². The summed E-state index contributed by atoms with van der Waals surface area (Å²) in [6.07, 6.45) is 2.37. The largest absolute Gasteiger partial charge is 0.442 e. The standard InChI is InChI=1S/C12H12N2O2S/c1-7-5-8(7)14-12(15)10-11(16-6-13-10)9-3-2-4-17-9/h2-4,6-8H,5H2,1H3,(H,14,15). The fourth-order valence-electron chi connectivity index (χ4n) is 1.75. The Morgan fingerprint density at radius 1 is 1.65 bits per heavy atom. The second kappa shape index (κ2) is 4.00. The topological polar surface area (TPSA) is 55.1 Å². The Morgan fingerprint density at radius 2 is 2.47 bits per heavy atom. The molecule has 4 nitrogen and oxygen atoms in total. The Hall–Kier alpha value is -1.62. The summed E-state index contributed by atoms with van der Waals surface area (Å²) >= 11 is 1.53. The van der Waals surface area contributed by atoms with E-state index in [2.05, 4.69) is 17.2 Å². The molecule has 0 saturated heterocycles. The van der Waals surface area contributed by atoms with Crippen molar-refractivity contribution < 1.29 is 9.21 Å². The summed E-state index contributed by atoms with van der Waals surface area (Å²) in [6, 6.07) is 4.14. The van der Waals surface area contributed by atoms with Gasteiger partial charge in [-0.2, -0.15) is 0 Å². The van der Waals surface area contributed by atoms with Crippen molar-refractivity contribution in [3.63, 3.8) is 0 Å². The molecule has 1 saturated carbocycles. The Morgan fingerprint density at radius 3 is 3.12 bits per heavy atom. The van der Waals surface area contributed by atoms with E-state index >= 15 is 0 Å². The van der Waals surface area contributed by atoms with Gasteiger partial charge in [-0.1, -0.05) is 13.0 Å². The third kappa shape index (κ3) is 1.98. The van der Waals surface area contributed by atoms with Crippen LogP contribution >= 0.6 is 11.3 Å². The van der Waals surface area contributed by atoms with E-state index < -0.39 is 0 Å². The van der Waals surface area contributed by atoms with Gasteiger partial charge >= 0.3 is 0 Å². The van der Waals surface area contributed by atoms with Gasteiger partial charge in [0.05, 0.1) is 4.88 Å². The maximum atomic E-state index is 12.0. The molecular formula is C12H12N2O2S. The molecule has 17 heavy (non-hydrogen) atoms. The highest BCUT2D eigenvalue weighted by atomic mass is 32.1. The van der Waals surface area contributed by atoms with Crippen molar-refractivity contribution in [3.8, 4) is 10.6 Å². The molecule has 2 atom stereocenters. The monoisotopic (exact) mass is 248 g/mol. The Balaban J connectivity index is 1.83. The van der Waals surface area contributed by atoms with Gasteiger partial charge in [0.1, 0.15) is 0 Å². The first kappa shape index (κ1) is 10.5. The Bertz CT molecular complexity index is 532. The predicted molar refractivity (Wildman–Crippen MR) is 64.9 cm³/mol. The fraction of sp³-hybridized carbons (Fsp3) is 0.333. The van der Waals surface area contributed by atoms with Gasteiger partial charge in [0, 0.05) is 6.04 Å². The first-order valence-electron chi connectivity index (χ1n) is 5.54. The molecule has 0 aromatic carbocycles. The number of amides is 1. The number of carbonyl (C=O) groups is 1. The lowest BCUT2D eigenvalue weighted by molar-refractivity contribution is 0.0945. The van der Waals surface area contributed by atoms with Gasteiger partial charge in [-0.05, 0) is 23.8 Å². The van der Waals surface area contributed by atoms with Gasteiger partial charge in [-0.25, -0.2) is 4.98 Å². The van der Waals surface area contributed by atoms with Crippen LogP contribution in [0.3, 0.4) is 0 Å². The lowest BCUT2D eigenvalue weighted by atomic mass is 10.3. The highest BCUT2D eigenvalue weighted by Gasteiger charge is 2.35. The zero-order valence-corrected chi connectivity index (χ0v) is 10.2. The molecule has 2 aromatic rings. The van der Waals surface area contributed by atoms with Gasteiger partial charge < -0.3 is 9.73 Å². The zero-order valence-electron chi connectivity index (χ0n) is 9.34. The first-order valence-corrected chi connectivity index (χ1v) is 6.42. The van der Waals surface area contributed by atoms with Crippen LogP contribution in [0.15, 0.2) is 28.3 Å². The van der Waals surface area contributed by atoms with Crippen LogP contribution in [0.4, 0.5) is 0 Å². The van der Waals surface area contributed by atoms with Crippen LogP contribution < -0.4 is 5.32 Å². The highest BCUT2D eigenvalue weighted by Crippen LogP contribution is 2.31. The molecule has 88 valence electrons. The van der Waals surface area contributed by atoms with Crippen LogP contribution in [0.25, 0.3) is 10.6 Å². The number of carbonyl (C=O) groups excluding carboxylic acids is 1. The van der Waals surface area contributed by atoms with Crippen molar-refractivity contribution in [2.24, 2.45) is 5.92 Å². The van der Waals surface area contributed by atoms with Crippen molar-refractivity contribution in [3.05, 3.63) is 29.6 Å². The predicted octanol–water partition coefficient (Wildman–Crippen LogP) is 2.54. The number of oxazole rings is 1. The minimum Gasteiger partial charge on any atom is -0.442 e. The lowest BCUT2D eigenvalue weighted by Gasteiger charge is -2.01. The minimum absolute atomic E-state index is 0.142. The first-order chi connectivity index (χ1) is 8.25. The van der Waals surface area contributed by atoms with Crippen molar-refractivity contribution in [2.75, 3.05) is 0 Å².